The molecule has 0 aromatic heterocycles. The maximum Gasteiger partial charge on any atom is 0.303 e. The maximum atomic E-state index is 12.6. The molecule has 0 amide bonds. The van der Waals surface area contributed by atoms with E-state index in [1.807, 2.05) is 40.4 Å². The Morgan fingerprint density at radius 3 is 1.76 bits per heavy atom. The second kappa shape index (κ2) is 6.91. The van der Waals surface area contributed by atoms with Crippen molar-refractivity contribution in [2.24, 2.45) is 5.41 Å². The quantitative estimate of drug-likeness (QED) is 0.667. The molecule has 7 heteroatoms. The third-order valence-electron chi connectivity index (χ3n) is 3.97. The molecule has 0 rings (SSSR count). The Morgan fingerprint density at radius 2 is 1.48 bits per heavy atom. The van der Waals surface area contributed by atoms with Crippen LogP contribution in [-0.2, 0) is 8.85 Å². The first kappa shape index (κ1) is 20.8. The summed E-state index contributed by atoms with van der Waals surface area (Å²) in [5.74, 6) is 0. The SMILES string of the molecule is CCC(C)(C)C(CO)(CO)OC(=O)[Si](C)(C)O[Si](C)(C)C. The number of carbonyl (C=O) groups excluding carboxylic acids is 1. The lowest BCUT2D eigenvalue weighted by Crippen LogP contribution is -2.58. The van der Waals surface area contributed by atoms with Crippen LogP contribution < -0.4 is 0 Å². The predicted octanol–water partition coefficient (Wildman–Crippen LogP) is 2.92. The summed E-state index contributed by atoms with van der Waals surface area (Å²) in [7, 11) is -4.57. The minimum Gasteiger partial charge on any atom is -0.456 e. The summed E-state index contributed by atoms with van der Waals surface area (Å²) < 4.78 is 11.6. The first-order valence-electron chi connectivity index (χ1n) is 7.42. The van der Waals surface area contributed by atoms with Gasteiger partial charge in [0.15, 0.2) is 13.9 Å². The molecule has 0 radical (unpaired) electrons. The van der Waals surface area contributed by atoms with Crippen LogP contribution >= 0.6 is 0 Å². The average Bonchev–Trinajstić information content (AvgIpc) is 2.32. The molecule has 0 heterocycles. The number of ether oxygens (including phenoxy) is 1. The molecule has 2 N–H and O–H groups in total. The van der Waals surface area contributed by atoms with Gasteiger partial charge in [-0.2, -0.15) is 0 Å². The fraction of sp³-hybridized carbons (Fsp3) is 0.929. The van der Waals surface area contributed by atoms with Gasteiger partial charge in [0, 0.05) is 5.41 Å². The van der Waals surface area contributed by atoms with Crippen molar-refractivity contribution in [1.29, 1.82) is 0 Å². The van der Waals surface area contributed by atoms with E-state index in [1.54, 1.807) is 13.1 Å². The largest absolute Gasteiger partial charge is 0.456 e. The van der Waals surface area contributed by atoms with Gasteiger partial charge in [-0.25, -0.2) is 0 Å². The van der Waals surface area contributed by atoms with Crippen LogP contribution in [0.2, 0.25) is 32.7 Å². The van der Waals surface area contributed by atoms with Gasteiger partial charge in [-0.05, 0) is 39.2 Å². The Balaban J connectivity index is 5.34. The van der Waals surface area contributed by atoms with Gasteiger partial charge < -0.3 is 19.1 Å². The summed E-state index contributed by atoms with van der Waals surface area (Å²) >= 11 is 0. The molecule has 0 aliphatic rings. The van der Waals surface area contributed by atoms with Crippen molar-refractivity contribution in [3.8, 4) is 0 Å². The Bertz CT molecular complexity index is 357. The summed E-state index contributed by atoms with van der Waals surface area (Å²) in [6, 6.07) is 0. The molecule has 21 heavy (non-hydrogen) atoms. The molecule has 0 fully saturated rings. The van der Waals surface area contributed by atoms with Crippen molar-refractivity contribution in [2.75, 3.05) is 13.2 Å². The van der Waals surface area contributed by atoms with Crippen molar-refractivity contribution in [2.45, 2.75) is 65.5 Å². The summed E-state index contributed by atoms with van der Waals surface area (Å²) in [6.07, 6.45) is 0.665. The first-order chi connectivity index (χ1) is 9.27. The van der Waals surface area contributed by atoms with Crippen molar-refractivity contribution < 1.29 is 23.9 Å². The minimum atomic E-state index is -2.70. The van der Waals surface area contributed by atoms with Crippen LogP contribution in [0, 0.1) is 5.41 Å². The van der Waals surface area contributed by atoms with Gasteiger partial charge in [-0.15, -0.1) is 0 Å². The first-order valence-corrected chi connectivity index (χ1v) is 13.7. The van der Waals surface area contributed by atoms with Gasteiger partial charge in [0.05, 0.1) is 13.2 Å². The minimum absolute atomic E-state index is 0.409. The zero-order valence-electron chi connectivity index (χ0n) is 14.7. The average molecular weight is 337 g/mol. The number of aliphatic hydroxyl groups is 2. The lowest BCUT2D eigenvalue weighted by molar-refractivity contribution is -0.130. The highest BCUT2D eigenvalue weighted by molar-refractivity contribution is 7.02. The fourth-order valence-electron chi connectivity index (χ4n) is 2.11. The standard InChI is InChI=1S/C14H32O5Si2/c1-9-13(2,3)14(10-15,11-16)18-12(17)21(7,8)19-20(4,5)6/h15-16H,9-11H2,1-8H3. The molecular weight excluding hydrogens is 304 g/mol. The van der Waals surface area contributed by atoms with E-state index in [2.05, 4.69) is 0 Å². The predicted molar refractivity (Wildman–Crippen MR) is 89.4 cm³/mol. The fourth-order valence-corrected chi connectivity index (χ4v) is 9.01. The van der Waals surface area contributed by atoms with Crippen LogP contribution in [0.15, 0.2) is 0 Å². The lowest BCUT2D eigenvalue weighted by atomic mass is 9.73. The van der Waals surface area contributed by atoms with Crippen LogP contribution in [0.4, 0.5) is 4.79 Å². The molecule has 0 spiro atoms. The number of hydrogen-bond donors (Lipinski definition) is 2. The van der Waals surface area contributed by atoms with Crippen molar-refractivity contribution >= 4 is 22.2 Å². The van der Waals surface area contributed by atoms with Crippen LogP contribution in [-0.4, -0.2) is 51.3 Å². The monoisotopic (exact) mass is 336 g/mol. The number of aliphatic hydroxyl groups excluding tert-OH is 2. The van der Waals surface area contributed by atoms with E-state index in [-0.39, 0.29) is 0 Å². The van der Waals surface area contributed by atoms with E-state index in [0.29, 0.717) is 6.42 Å². The summed E-state index contributed by atoms with van der Waals surface area (Å²) in [6.45, 7) is 14.5. The Hall–Kier alpha value is -0.216. The van der Waals surface area contributed by atoms with Crippen molar-refractivity contribution in [3.05, 3.63) is 0 Å². The third kappa shape index (κ3) is 5.17. The highest BCUT2D eigenvalue weighted by Crippen LogP contribution is 2.38. The molecule has 0 saturated heterocycles. The van der Waals surface area contributed by atoms with E-state index in [0.717, 1.165) is 0 Å². The van der Waals surface area contributed by atoms with Gasteiger partial charge >= 0.3 is 13.9 Å². The number of hydrogen-bond acceptors (Lipinski definition) is 5. The molecular formula is C14H32O5Si2. The number of rotatable bonds is 8. The van der Waals surface area contributed by atoms with Crippen molar-refractivity contribution in [1.82, 2.24) is 0 Å². The zero-order chi connectivity index (χ0) is 17.1. The third-order valence-corrected chi connectivity index (χ3v) is 9.55. The van der Waals surface area contributed by atoms with E-state index >= 15 is 0 Å². The summed E-state index contributed by atoms with van der Waals surface area (Å²) in [5.41, 5.74) is -2.24. The van der Waals surface area contributed by atoms with Crippen LogP contribution in [0.5, 0.6) is 0 Å². The normalized spacial score (nSPS) is 14.2. The van der Waals surface area contributed by atoms with Gasteiger partial charge in [-0.1, -0.05) is 20.8 Å². The van der Waals surface area contributed by atoms with E-state index in [1.165, 1.54) is 0 Å². The molecule has 0 saturated carbocycles. The molecule has 0 aliphatic carbocycles. The Kier molecular flexibility index (Phi) is 6.84. The highest BCUT2D eigenvalue weighted by Gasteiger charge is 2.50. The molecule has 0 aromatic rings. The Labute approximate surface area is 130 Å². The van der Waals surface area contributed by atoms with Gasteiger partial charge in [0.1, 0.15) is 0 Å². The maximum absolute atomic E-state index is 12.6. The lowest BCUT2D eigenvalue weighted by Gasteiger charge is -2.44. The molecule has 0 unspecified atom stereocenters. The van der Waals surface area contributed by atoms with Gasteiger partial charge in [-0.3, -0.25) is 4.79 Å². The van der Waals surface area contributed by atoms with Crippen molar-refractivity contribution in [3.63, 3.8) is 0 Å². The summed E-state index contributed by atoms with van der Waals surface area (Å²) in [4.78, 5) is 12.6. The van der Waals surface area contributed by atoms with E-state index < -0.39 is 46.5 Å². The molecule has 0 aromatic carbocycles. The molecule has 5 nitrogen and oxygen atoms in total. The molecule has 0 atom stereocenters. The van der Waals surface area contributed by atoms with Gasteiger partial charge in [0.2, 0.25) is 0 Å². The van der Waals surface area contributed by atoms with E-state index in [4.69, 9.17) is 8.85 Å². The van der Waals surface area contributed by atoms with Crippen LogP contribution in [0.3, 0.4) is 0 Å². The molecule has 0 aliphatic heterocycles. The smallest absolute Gasteiger partial charge is 0.303 e. The molecule has 0 bridgehead atoms. The Morgan fingerprint density at radius 1 is 1.05 bits per heavy atom. The highest BCUT2D eigenvalue weighted by atomic mass is 28.4. The molecule has 126 valence electrons. The van der Waals surface area contributed by atoms with E-state index in [9.17, 15) is 15.0 Å². The van der Waals surface area contributed by atoms with Crippen LogP contribution in [0.1, 0.15) is 27.2 Å². The number of carbonyl (C=O) groups is 1. The second-order valence-electron chi connectivity index (χ2n) is 7.66. The second-order valence-corrected chi connectivity index (χ2v) is 16.1. The van der Waals surface area contributed by atoms with Crippen LogP contribution in [0.25, 0.3) is 0 Å². The summed E-state index contributed by atoms with van der Waals surface area (Å²) in [5, 5.41) is 19.5. The zero-order valence-corrected chi connectivity index (χ0v) is 16.7. The topological polar surface area (TPSA) is 76.0 Å². The van der Waals surface area contributed by atoms with Gasteiger partial charge in [0.25, 0.3) is 0 Å².